The van der Waals surface area contributed by atoms with E-state index in [4.69, 9.17) is 0 Å². The maximum Gasteiger partial charge on any atom is 0.273 e. The molecule has 1 aromatic carbocycles. The number of nitro benzene ring substituents is 1. The van der Waals surface area contributed by atoms with Crippen LogP contribution in [0.4, 0.5) is 5.69 Å². The summed E-state index contributed by atoms with van der Waals surface area (Å²) in [6.45, 7) is 4.16. The highest BCUT2D eigenvalue weighted by atomic mass is 32.1. The molecule has 0 N–H and O–H groups in total. The minimum Gasteiger partial charge on any atom is -0.335 e. The molecule has 0 fully saturated rings. The topological polar surface area (TPSA) is 76.3 Å². The molecule has 2 rings (SSSR count). The van der Waals surface area contributed by atoms with E-state index in [1.54, 1.807) is 25.4 Å². The van der Waals surface area contributed by atoms with E-state index in [-0.39, 0.29) is 17.5 Å². The summed E-state index contributed by atoms with van der Waals surface area (Å²) in [7, 11) is 1.66. The fraction of sp³-hybridized carbons (Fsp3) is 0.333. The Kier molecular flexibility index (Phi) is 4.87. The molecule has 116 valence electrons. The van der Waals surface area contributed by atoms with Crippen LogP contribution in [0.1, 0.15) is 40.7 Å². The Balaban J connectivity index is 2.26. The molecule has 0 saturated heterocycles. The second-order valence-corrected chi connectivity index (χ2v) is 6.25. The molecular weight excluding hydrogens is 302 g/mol. The van der Waals surface area contributed by atoms with Gasteiger partial charge in [-0.15, -0.1) is 11.3 Å². The second kappa shape index (κ2) is 6.65. The van der Waals surface area contributed by atoms with Crippen LogP contribution in [-0.4, -0.2) is 27.8 Å². The Morgan fingerprint density at radius 1 is 1.45 bits per heavy atom. The first-order valence-corrected chi connectivity index (χ1v) is 7.70. The zero-order chi connectivity index (χ0) is 16.3. The molecule has 0 aliphatic carbocycles. The average Bonchev–Trinajstić information content (AvgIpc) is 2.98. The van der Waals surface area contributed by atoms with E-state index < -0.39 is 4.92 Å². The molecule has 2 aromatic rings. The van der Waals surface area contributed by atoms with E-state index in [0.29, 0.717) is 17.7 Å². The second-order valence-electron chi connectivity index (χ2n) is 5.27. The number of thiazole rings is 1. The Labute approximate surface area is 132 Å². The number of aromatic nitrogens is 1. The van der Waals surface area contributed by atoms with Gasteiger partial charge in [-0.3, -0.25) is 14.9 Å². The van der Waals surface area contributed by atoms with Crippen molar-refractivity contribution in [1.29, 1.82) is 0 Å². The van der Waals surface area contributed by atoms with Crippen molar-refractivity contribution in [2.75, 3.05) is 7.05 Å². The number of nitro groups is 1. The fourth-order valence-corrected chi connectivity index (χ4v) is 2.82. The van der Waals surface area contributed by atoms with E-state index in [9.17, 15) is 14.9 Å². The molecule has 0 aliphatic rings. The first-order valence-electron chi connectivity index (χ1n) is 6.82. The van der Waals surface area contributed by atoms with Gasteiger partial charge in [-0.2, -0.15) is 0 Å². The van der Waals surface area contributed by atoms with Crippen LogP contribution < -0.4 is 0 Å². The molecule has 0 unspecified atom stereocenters. The summed E-state index contributed by atoms with van der Waals surface area (Å²) in [6.07, 6.45) is 1.68. The summed E-state index contributed by atoms with van der Waals surface area (Å²) in [6, 6.07) is 4.66. The smallest absolute Gasteiger partial charge is 0.273 e. The van der Waals surface area contributed by atoms with Crippen molar-refractivity contribution in [2.24, 2.45) is 0 Å². The van der Waals surface area contributed by atoms with E-state index in [1.165, 1.54) is 22.3 Å². The molecule has 22 heavy (non-hydrogen) atoms. The van der Waals surface area contributed by atoms with Gasteiger partial charge in [-0.1, -0.05) is 19.9 Å². The molecular formula is C15H17N3O3S. The van der Waals surface area contributed by atoms with Crippen LogP contribution in [0, 0.1) is 10.1 Å². The molecule has 0 spiro atoms. The lowest BCUT2D eigenvalue weighted by molar-refractivity contribution is -0.385. The predicted molar refractivity (Wildman–Crippen MR) is 85.1 cm³/mol. The van der Waals surface area contributed by atoms with Crippen LogP contribution in [0.2, 0.25) is 0 Å². The van der Waals surface area contributed by atoms with Gasteiger partial charge < -0.3 is 4.90 Å². The predicted octanol–water partition coefficient (Wildman–Crippen LogP) is 3.45. The molecule has 0 bridgehead atoms. The number of amides is 1. The minimum absolute atomic E-state index is 0.0106. The van der Waals surface area contributed by atoms with Crippen molar-refractivity contribution in [3.8, 4) is 0 Å². The lowest BCUT2D eigenvalue weighted by atomic mass is 9.99. The first-order chi connectivity index (χ1) is 10.4. The molecule has 1 heterocycles. The van der Waals surface area contributed by atoms with Crippen LogP contribution in [-0.2, 0) is 6.54 Å². The quantitative estimate of drug-likeness (QED) is 0.625. The van der Waals surface area contributed by atoms with Gasteiger partial charge in [0.15, 0.2) is 0 Å². The Morgan fingerprint density at radius 3 is 2.73 bits per heavy atom. The van der Waals surface area contributed by atoms with Crippen molar-refractivity contribution in [3.63, 3.8) is 0 Å². The van der Waals surface area contributed by atoms with Crippen molar-refractivity contribution >= 4 is 22.9 Å². The van der Waals surface area contributed by atoms with E-state index >= 15 is 0 Å². The van der Waals surface area contributed by atoms with Crippen LogP contribution in [0.25, 0.3) is 0 Å². The van der Waals surface area contributed by atoms with Gasteiger partial charge in [0.1, 0.15) is 5.01 Å². The Hall–Kier alpha value is -2.28. The lowest BCUT2D eigenvalue weighted by Gasteiger charge is -2.16. The number of nitrogens with zero attached hydrogens (tertiary/aromatic N) is 3. The maximum atomic E-state index is 12.4. The fourth-order valence-electron chi connectivity index (χ4n) is 2.15. The zero-order valence-corrected chi connectivity index (χ0v) is 13.5. The van der Waals surface area contributed by atoms with Crippen molar-refractivity contribution < 1.29 is 9.72 Å². The molecule has 0 saturated carbocycles. The summed E-state index contributed by atoms with van der Waals surface area (Å²) in [4.78, 5) is 28.8. The van der Waals surface area contributed by atoms with E-state index in [1.807, 2.05) is 19.2 Å². The number of rotatable bonds is 5. The summed E-state index contributed by atoms with van der Waals surface area (Å²) >= 11 is 1.47. The summed E-state index contributed by atoms with van der Waals surface area (Å²) < 4.78 is 0. The number of benzene rings is 1. The van der Waals surface area contributed by atoms with Crippen molar-refractivity contribution in [1.82, 2.24) is 9.88 Å². The molecule has 1 amide bonds. The average molecular weight is 319 g/mol. The van der Waals surface area contributed by atoms with Gasteiger partial charge >= 0.3 is 0 Å². The van der Waals surface area contributed by atoms with E-state index in [2.05, 4.69) is 4.98 Å². The Bertz CT molecular complexity index is 683. The molecule has 1 aromatic heterocycles. The summed E-state index contributed by atoms with van der Waals surface area (Å²) in [5, 5.41) is 13.9. The van der Waals surface area contributed by atoms with Gasteiger partial charge in [-0.25, -0.2) is 4.98 Å². The molecule has 6 nitrogen and oxygen atoms in total. The largest absolute Gasteiger partial charge is 0.335 e. The van der Waals surface area contributed by atoms with Gasteiger partial charge in [0, 0.05) is 35.8 Å². The molecule has 0 aliphatic heterocycles. The van der Waals surface area contributed by atoms with E-state index in [0.717, 1.165) is 5.01 Å². The lowest BCUT2D eigenvalue weighted by Crippen LogP contribution is -2.26. The van der Waals surface area contributed by atoms with Crippen LogP contribution in [0.5, 0.6) is 0 Å². The highest BCUT2D eigenvalue weighted by molar-refractivity contribution is 7.09. The zero-order valence-electron chi connectivity index (χ0n) is 12.6. The highest BCUT2D eigenvalue weighted by Gasteiger charge is 2.21. The van der Waals surface area contributed by atoms with Gasteiger partial charge in [0.25, 0.3) is 11.6 Å². The Morgan fingerprint density at radius 2 is 2.18 bits per heavy atom. The van der Waals surface area contributed by atoms with Crippen LogP contribution in [0.3, 0.4) is 0 Å². The summed E-state index contributed by atoms with van der Waals surface area (Å²) in [5.41, 5.74) is 0.933. The SMILES string of the molecule is CC(C)c1ccc(C(=O)N(C)Cc2nccs2)cc1[N+](=O)[O-]. The normalized spacial score (nSPS) is 10.7. The number of hydrogen-bond donors (Lipinski definition) is 0. The summed E-state index contributed by atoms with van der Waals surface area (Å²) in [5.74, 6) is -0.230. The minimum atomic E-state index is -0.438. The monoisotopic (exact) mass is 319 g/mol. The third kappa shape index (κ3) is 3.48. The number of carbonyl (C=O) groups is 1. The number of carbonyl (C=O) groups excluding carboxylic acids is 1. The molecule has 0 atom stereocenters. The first kappa shape index (κ1) is 16.1. The van der Waals surface area contributed by atoms with Crippen molar-refractivity contribution in [3.05, 3.63) is 56.0 Å². The third-order valence-corrected chi connectivity index (χ3v) is 4.06. The molecule has 0 radical (unpaired) electrons. The van der Waals surface area contributed by atoms with Gasteiger partial charge in [0.05, 0.1) is 11.5 Å². The highest BCUT2D eigenvalue weighted by Crippen LogP contribution is 2.27. The third-order valence-electron chi connectivity index (χ3n) is 3.30. The van der Waals surface area contributed by atoms with Gasteiger partial charge in [-0.05, 0) is 12.0 Å². The maximum absolute atomic E-state index is 12.4. The van der Waals surface area contributed by atoms with Crippen LogP contribution in [0.15, 0.2) is 29.8 Å². The number of hydrogen-bond acceptors (Lipinski definition) is 5. The van der Waals surface area contributed by atoms with Crippen molar-refractivity contribution in [2.45, 2.75) is 26.3 Å². The van der Waals surface area contributed by atoms with Gasteiger partial charge in [0.2, 0.25) is 0 Å². The standard InChI is InChI=1S/C15H17N3O3S/c1-10(2)12-5-4-11(8-13(12)18(20)21)15(19)17(3)9-14-16-6-7-22-14/h4-8,10H,9H2,1-3H3. The van der Waals surface area contributed by atoms with Crippen LogP contribution >= 0.6 is 11.3 Å². The molecule has 7 heteroatoms.